The molecule has 0 amide bonds. The molecular weight excluding hydrogens is 394 g/mol. The molecule has 148 valence electrons. The Morgan fingerprint density at radius 1 is 0.815 bits per heavy atom. The van der Waals surface area contributed by atoms with Crippen molar-refractivity contribution in [2.24, 2.45) is 0 Å². The number of benzene rings is 2. The van der Waals surface area contributed by atoms with E-state index in [4.69, 9.17) is 14.2 Å². The highest BCUT2D eigenvalue weighted by Gasteiger charge is 2.18. The summed E-state index contributed by atoms with van der Waals surface area (Å²) >= 11 is 0. The van der Waals surface area contributed by atoms with Gasteiger partial charge in [0, 0.05) is 12.8 Å². The summed E-state index contributed by atoms with van der Waals surface area (Å²) in [6, 6.07) is 8.27. The normalized spacial score (nSPS) is 11.9. The zero-order chi connectivity index (χ0) is 20.2. The summed E-state index contributed by atoms with van der Waals surface area (Å²) in [5, 5.41) is 0. The van der Waals surface area contributed by atoms with Gasteiger partial charge in [0.05, 0.1) is 31.1 Å². The lowest BCUT2D eigenvalue weighted by atomic mass is 10.2. The van der Waals surface area contributed by atoms with E-state index < -0.39 is 19.9 Å². The van der Waals surface area contributed by atoms with Gasteiger partial charge in [-0.2, -0.15) is 0 Å². The van der Waals surface area contributed by atoms with Crippen molar-refractivity contribution in [3.8, 4) is 17.2 Å². The van der Waals surface area contributed by atoms with Crippen LogP contribution in [0.1, 0.15) is 5.56 Å². The lowest BCUT2D eigenvalue weighted by Gasteiger charge is -2.14. The minimum Gasteiger partial charge on any atom is -0.493 e. The Labute approximate surface area is 159 Å². The fourth-order valence-electron chi connectivity index (χ4n) is 2.37. The van der Waals surface area contributed by atoms with Gasteiger partial charge >= 0.3 is 0 Å². The maximum absolute atomic E-state index is 12.5. The van der Waals surface area contributed by atoms with Gasteiger partial charge in [0.25, 0.3) is 0 Å². The minimum absolute atomic E-state index is 0.0210. The summed E-state index contributed by atoms with van der Waals surface area (Å²) in [7, 11) is -2.82. The highest BCUT2D eigenvalue weighted by Crippen LogP contribution is 2.38. The summed E-state index contributed by atoms with van der Waals surface area (Å²) in [6.45, 7) is -0.0210. The van der Waals surface area contributed by atoms with Crippen LogP contribution in [0.5, 0.6) is 17.2 Å². The molecule has 2 rings (SSSR count). The molecule has 0 unspecified atom stereocenters. The Hall–Kier alpha value is -2.30. The molecule has 0 spiro atoms. The maximum Gasteiger partial charge on any atom is 0.240 e. The quantitative estimate of drug-likeness (QED) is 0.697. The molecule has 0 saturated carbocycles. The Kier molecular flexibility index (Phi) is 6.34. The molecule has 27 heavy (non-hydrogen) atoms. The molecule has 0 aliphatic carbocycles. The van der Waals surface area contributed by atoms with Crippen LogP contribution in [0, 0.1) is 0 Å². The van der Waals surface area contributed by atoms with E-state index in [2.05, 4.69) is 4.72 Å². The van der Waals surface area contributed by atoms with Gasteiger partial charge < -0.3 is 14.2 Å². The molecule has 8 nitrogen and oxygen atoms in total. The van der Waals surface area contributed by atoms with Crippen LogP contribution in [0.3, 0.4) is 0 Å². The Morgan fingerprint density at radius 3 is 1.70 bits per heavy atom. The lowest BCUT2D eigenvalue weighted by Crippen LogP contribution is -2.23. The smallest absolute Gasteiger partial charge is 0.240 e. The van der Waals surface area contributed by atoms with E-state index in [1.54, 1.807) is 12.1 Å². The summed E-state index contributed by atoms with van der Waals surface area (Å²) in [4.78, 5) is 0.00780. The summed E-state index contributed by atoms with van der Waals surface area (Å²) < 4.78 is 66.0. The molecule has 0 radical (unpaired) electrons. The number of rotatable bonds is 8. The Morgan fingerprint density at radius 2 is 1.30 bits per heavy atom. The van der Waals surface area contributed by atoms with Crippen molar-refractivity contribution < 1.29 is 31.0 Å². The number of sulfonamides is 1. The van der Waals surface area contributed by atoms with Gasteiger partial charge in [-0.25, -0.2) is 21.6 Å². The minimum atomic E-state index is -3.83. The van der Waals surface area contributed by atoms with Crippen LogP contribution in [-0.4, -0.2) is 44.4 Å². The highest BCUT2D eigenvalue weighted by atomic mass is 32.2. The van der Waals surface area contributed by atoms with Gasteiger partial charge in [-0.1, -0.05) is 0 Å². The first-order valence-corrected chi connectivity index (χ1v) is 11.1. The van der Waals surface area contributed by atoms with E-state index in [1.165, 1.54) is 45.6 Å². The summed E-state index contributed by atoms with van der Waals surface area (Å²) in [5.74, 6) is 1.22. The number of hydrogen-bond acceptors (Lipinski definition) is 7. The van der Waals surface area contributed by atoms with E-state index >= 15 is 0 Å². The zero-order valence-electron chi connectivity index (χ0n) is 15.3. The van der Waals surface area contributed by atoms with E-state index in [0.717, 1.165) is 6.26 Å². The van der Waals surface area contributed by atoms with Crippen molar-refractivity contribution in [2.75, 3.05) is 27.6 Å². The van der Waals surface area contributed by atoms with Gasteiger partial charge in [0.15, 0.2) is 21.3 Å². The van der Waals surface area contributed by atoms with Crippen LogP contribution in [0.15, 0.2) is 46.2 Å². The molecule has 0 fully saturated rings. The first-order valence-electron chi connectivity index (χ1n) is 7.71. The van der Waals surface area contributed by atoms with Crippen LogP contribution < -0.4 is 18.9 Å². The van der Waals surface area contributed by atoms with Crippen molar-refractivity contribution in [1.82, 2.24) is 4.72 Å². The topological polar surface area (TPSA) is 108 Å². The second kappa shape index (κ2) is 8.15. The van der Waals surface area contributed by atoms with Crippen molar-refractivity contribution in [3.05, 3.63) is 42.0 Å². The van der Waals surface area contributed by atoms with Crippen LogP contribution in [0.2, 0.25) is 0 Å². The molecule has 0 aliphatic rings. The van der Waals surface area contributed by atoms with Gasteiger partial charge in [0.2, 0.25) is 15.8 Å². The second-order valence-corrected chi connectivity index (χ2v) is 9.38. The summed E-state index contributed by atoms with van der Waals surface area (Å²) in [5.41, 5.74) is 0.598. The monoisotopic (exact) mass is 415 g/mol. The molecule has 10 heteroatoms. The van der Waals surface area contributed by atoms with Gasteiger partial charge in [0.1, 0.15) is 0 Å². The molecule has 0 aliphatic heterocycles. The number of nitrogens with one attached hydrogen (secondary N) is 1. The van der Waals surface area contributed by atoms with Gasteiger partial charge in [-0.15, -0.1) is 0 Å². The molecule has 0 aromatic heterocycles. The molecule has 0 heterocycles. The number of ether oxygens (including phenoxy) is 3. The molecule has 2 aromatic rings. The van der Waals surface area contributed by atoms with E-state index in [9.17, 15) is 16.8 Å². The molecule has 2 aromatic carbocycles. The van der Waals surface area contributed by atoms with Crippen molar-refractivity contribution >= 4 is 19.9 Å². The molecule has 1 N–H and O–H groups in total. The maximum atomic E-state index is 12.5. The largest absolute Gasteiger partial charge is 0.493 e. The molecule has 0 atom stereocenters. The van der Waals surface area contributed by atoms with Crippen molar-refractivity contribution in [1.29, 1.82) is 0 Å². The molecular formula is C17H21NO7S2. The van der Waals surface area contributed by atoms with Crippen molar-refractivity contribution in [3.63, 3.8) is 0 Å². The third-order valence-electron chi connectivity index (χ3n) is 3.75. The summed E-state index contributed by atoms with van der Waals surface area (Å²) in [6.07, 6.45) is 1.05. The third kappa shape index (κ3) is 4.90. The number of methoxy groups -OCH3 is 3. The van der Waals surface area contributed by atoms with Crippen LogP contribution in [-0.2, 0) is 26.4 Å². The van der Waals surface area contributed by atoms with E-state index in [0.29, 0.717) is 22.8 Å². The lowest BCUT2D eigenvalue weighted by molar-refractivity contribution is 0.323. The zero-order valence-corrected chi connectivity index (χ0v) is 17.0. The first-order chi connectivity index (χ1) is 12.6. The molecule has 0 saturated heterocycles. The average molecular weight is 415 g/mol. The fraction of sp³-hybridized carbons (Fsp3) is 0.294. The average Bonchev–Trinajstić information content (AvgIpc) is 2.64. The predicted octanol–water partition coefficient (Wildman–Crippen LogP) is 1.59. The number of hydrogen-bond donors (Lipinski definition) is 1. The SMILES string of the molecule is COc1cc(CNS(=O)(=O)c2ccc(S(C)(=O)=O)cc2)cc(OC)c1OC. The Bertz CT molecular complexity index is 989. The molecule has 0 bridgehead atoms. The third-order valence-corrected chi connectivity index (χ3v) is 6.30. The second-order valence-electron chi connectivity index (χ2n) is 5.60. The van der Waals surface area contributed by atoms with Gasteiger partial charge in [-0.3, -0.25) is 0 Å². The Balaban J connectivity index is 2.24. The van der Waals surface area contributed by atoms with Crippen LogP contribution in [0.25, 0.3) is 0 Å². The van der Waals surface area contributed by atoms with Gasteiger partial charge in [-0.05, 0) is 42.0 Å². The van der Waals surface area contributed by atoms with Crippen LogP contribution in [0.4, 0.5) is 0 Å². The van der Waals surface area contributed by atoms with E-state index in [-0.39, 0.29) is 16.3 Å². The van der Waals surface area contributed by atoms with Crippen molar-refractivity contribution in [2.45, 2.75) is 16.3 Å². The van der Waals surface area contributed by atoms with E-state index in [1.807, 2.05) is 0 Å². The predicted molar refractivity (Wildman–Crippen MR) is 99.7 cm³/mol. The van der Waals surface area contributed by atoms with Crippen LogP contribution >= 0.6 is 0 Å². The highest BCUT2D eigenvalue weighted by molar-refractivity contribution is 7.90. The number of sulfone groups is 1. The first kappa shape index (κ1) is 21.0. The standard InChI is InChI=1S/C17H21NO7S2/c1-23-15-9-12(10-16(24-2)17(15)25-3)11-18-27(21,22)14-7-5-13(6-8-14)26(4,19)20/h5-10,18H,11H2,1-4H3. The fourth-order valence-corrected chi connectivity index (χ4v) is 4.01.